The van der Waals surface area contributed by atoms with Crippen molar-refractivity contribution in [2.45, 2.75) is 62.4 Å². The minimum atomic E-state index is 0.0879. The molecule has 0 spiro atoms. The van der Waals surface area contributed by atoms with Crippen LogP contribution in [0.5, 0.6) is 5.75 Å². The smallest absolute Gasteiger partial charge is 0.254 e. The van der Waals surface area contributed by atoms with Gasteiger partial charge in [0.1, 0.15) is 5.75 Å². The Balaban J connectivity index is 1.21. The maximum Gasteiger partial charge on any atom is 0.254 e. The predicted octanol–water partition coefficient (Wildman–Crippen LogP) is 4.20. The van der Waals surface area contributed by atoms with E-state index in [1.54, 1.807) is 0 Å². The number of aromatic hydroxyl groups is 1. The van der Waals surface area contributed by atoms with E-state index in [9.17, 15) is 9.90 Å². The van der Waals surface area contributed by atoms with Crippen molar-refractivity contribution in [1.82, 2.24) is 15.1 Å². The Morgan fingerprint density at radius 2 is 2.00 bits per heavy atom. The number of piperidine rings is 2. The van der Waals surface area contributed by atoms with E-state index in [1.165, 1.54) is 56.3 Å². The molecular weight excluding hydrogens is 458 g/mol. The largest absolute Gasteiger partial charge is 0.508 e. The summed E-state index contributed by atoms with van der Waals surface area (Å²) in [6.07, 6.45) is 8.53. The predicted molar refractivity (Wildman–Crippen MR) is 144 cm³/mol. The molecule has 5 fully saturated rings. The summed E-state index contributed by atoms with van der Waals surface area (Å²) in [5, 5.41) is 14.3. The van der Waals surface area contributed by atoms with Gasteiger partial charge in [-0.15, -0.1) is 0 Å². The first-order valence-electron chi connectivity index (χ1n) is 14.7. The quantitative estimate of drug-likeness (QED) is 0.668. The molecule has 6 aliphatic rings. The molecule has 6 unspecified atom stereocenters. The van der Waals surface area contributed by atoms with Crippen LogP contribution in [0.25, 0.3) is 0 Å². The summed E-state index contributed by atoms with van der Waals surface area (Å²) in [5.41, 5.74) is 4.09. The molecule has 37 heavy (non-hydrogen) atoms. The number of phenolic OH excluding ortho intramolecular Hbond substituents is 1. The van der Waals surface area contributed by atoms with Crippen LogP contribution in [0, 0.1) is 23.2 Å². The summed E-state index contributed by atoms with van der Waals surface area (Å²) in [6, 6.07) is 17.1. The van der Waals surface area contributed by atoms with Crippen LogP contribution in [0.2, 0.25) is 0 Å². The normalized spacial score (nSPS) is 39.8. The van der Waals surface area contributed by atoms with Crippen LogP contribution in [-0.2, 0) is 11.8 Å². The molecule has 2 aromatic carbocycles. The third kappa shape index (κ3) is 2.96. The van der Waals surface area contributed by atoms with Crippen LogP contribution in [0.1, 0.15) is 60.0 Å². The summed E-state index contributed by atoms with van der Waals surface area (Å²) in [6.45, 7) is 5.61. The Kier molecular flexibility index (Phi) is 4.93. The molecule has 2 N–H and O–H groups in total. The second-order valence-electron chi connectivity index (χ2n) is 13.1. The summed E-state index contributed by atoms with van der Waals surface area (Å²) in [4.78, 5) is 18.9. The number of fused-ring (bicyclic) bond motifs is 1. The number of carbonyl (C=O) groups is 1. The molecule has 4 bridgehead atoms. The summed E-state index contributed by atoms with van der Waals surface area (Å²) in [5.74, 6) is 2.46. The molecule has 5 nitrogen and oxygen atoms in total. The van der Waals surface area contributed by atoms with Crippen molar-refractivity contribution >= 4 is 5.91 Å². The molecule has 3 saturated heterocycles. The van der Waals surface area contributed by atoms with Gasteiger partial charge in [0.25, 0.3) is 5.91 Å². The third-order valence-corrected chi connectivity index (χ3v) is 11.8. The number of nitrogens with zero attached hydrogens (tertiary/aromatic N) is 2. The topological polar surface area (TPSA) is 55.8 Å². The van der Waals surface area contributed by atoms with Crippen molar-refractivity contribution in [2.75, 3.05) is 32.7 Å². The molecular formula is C32H39N3O2. The highest BCUT2D eigenvalue weighted by Gasteiger charge is 2.76. The fourth-order valence-electron chi connectivity index (χ4n) is 10.7. The van der Waals surface area contributed by atoms with E-state index in [1.807, 2.05) is 36.4 Å². The summed E-state index contributed by atoms with van der Waals surface area (Å²) < 4.78 is 0. The summed E-state index contributed by atoms with van der Waals surface area (Å²) in [7, 11) is 0. The zero-order valence-corrected chi connectivity index (χ0v) is 21.7. The van der Waals surface area contributed by atoms with Crippen LogP contribution in [0.4, 0.5) is 0 Å². The van der Waals surface area contributed by atoms with E-state index in [2.05, 4.69) is 27.2 Å². The van der Waals surface area contributed by atoms with Gasteiger partial charge in [0.05, 0.1) is 0 Å². The first-order valence-corrected chi connectivity index (χ1v) is 14.7. The number of phenols is 1. The molecule has 2 saturated carbocycles. The minimum absolute atomic E-state index is 0.0879. The Hall–Kier alpha value is -2.37. The number of rotatable bonds is 3. The van der Waals surface area contributed by atoms with Crippen LogP contribution in [-0.4, -0.2) is 65.6 Å². The van der Waals surface area contributed by atoms with E-state index < -0.39 is 0 Å². The van der Waals surface area contributed by atoms with Gasteiger partial charge in [-0.05, 0) is 123 Å². The van der Waals surface area contributed by atoms with Crippen molar-refractivity contribution in [3.63, 3.8) is 0 Å². The number of likely N-dealkylation sites (tertiary alicyclic amines) is 2. The molecule has 7 atom stereocenters. The number of nitrogens with one attached hydrogen (secondary N) is 1. The highest BCUT2D eigenvalue weighted by Crippen LogP contribution is 2.75. The second-order valence-corrected chi connectivity index (χ2v) is 13.1. The van der Waals surface area contributed by atoms with Crippen LogP contribution < -0.4 is 5.32 Å². The standard InChI is InChI=1S/C32H39N3O2/c36-25-9-8-23-15-28-31-11-10-27-29(24(17-31)20-35(27)30(37)22-6-2-1-3-7-22)32(31,26(23)16-25)12-14-34(28)19-21-5-4-13-33-18-21/h1-3,6-9,16,21,24,27-29,33,36H,4-5,10-15,17-20H2/t21?,24-,27?,28?,29?,31?,32?/m1/s1. The van der Waals surface area contributed by atoms with Gasteiger partial charge in [-0.1, -0.05) is 24.3 Å². The number of benzene rings is 2. The monoisotopic (exact) mass is 497 g/mol. The maximum atomic E-state index is 13.7. The van der Waals surface area contributed by atoms with E-state index in [0.717, 1.165) is 44.0 Å². The molecule has 2 aromatic rings. The maximum absolute atomic E-state index is 13.7. The van der Waals surface area contributed by atoms with Gasteiger partial charge in [-0.25, -0.2) is 0 Å². The van der Waals surface area contributed by atoms with Gasteiger partial charge in [-0.2, -0.15) is 0 Å². The van der Waals surface area contributed by atoms with E-state index >= 15 is 0 Å². The fourth-order valence-corrected chi connectivity index (χ4v) is 10.7. The molecule has 0 radical (unpaired) electrons. The van der Waals surface area contributed by atoms with Crippen LogP contribution in [0.3, 0.4) is 0 Å². The Morgan fingerprint density at radius 3 is 2.84 bits per heavy atom. The molecule has 1 amide bonds. The van der Waals surface area contributed by atoms with Crippen molar-refractivity contribution in [3.05, 3.63) is 65.2 Å². The van der Waals surface area contributed by atoms with Gasteiger partial charge >= 0.3 is 0 Å². The highest BCUT2D eigenvalue weighted by molar-refractivity contribution is 5.94. The molecule has 0 aromatic heterocycles. The average molecular weight is 498 g/mol. The Bertz CT molecular complexity index is 1230. The average Bonchev–Trinajstić information content (AvgIpc) is 3.38. The van der Waals surface area contributed by atoms with E-state index in [4.69, 9.17) is 0 Å². The van der Waals surface area contributed by atoms with Gasteiger partial charge in [0.15, 0.2) is 0 Å². The van der Waals surface area contributed by atoms with E-state index in [-0.39, 0.29) is 16.7 Å². The number of hydrogen-bond acceptors (Lipinski definition) is 4. The van der Waals surface area contributed by atoms with Crippen LogP contribution in [0.15, 0.2) is 48.5 Å². The lowest BCUT2D eigenvalue weighted by atomic mass is 9.43. The third-order valence-electron chi connectivity index (χ3n) is 11.8. The Morgan fingerprint density at radius 1 is 1.11 bits per heavy atom. The molecule has 3 aliphatic carbocycles. The number of amides is 1. The van der Waals surface area contributed by atoms with Crippen molar-refractivity contribution in [3.8, 4) is 5.75 Å². The summed E-state index contributed by atoms with van der Waals surface area (Å²) >= 11 is 0. The fraction of sp³-hybridized carbons (Fsp3) is 0.594. The number of hydrogen-bond donors (Lipinski definition) is 2. The zero-order chi connectivity index (χ0) is 24.8. The second kappa shape index (κ2) is 8.07. The van der Waals surface area contributed by atoms with E-state index in [0.29, 0.717) is 29.7 Å². The SMILES string of the molecule is O=C(c1ccccc1)N1C[C@H]2CC34CCC1C2C31CCN(CC2CCCNC2)C4Cc2ccc(O)cc21. The Labute approximate surface area is 220 Å². The molecule has 3 aliphatic heterocycles. The molecule has 8 rings (SSSR count). The van der Waals surface area contributed by atoms with Gasteiger partial charge in [-0.3, -0.25) is 9.69 Å². The van der Waals surface area contributed by atoms with Crippen LogP contribution >= 0.6 is 0 Å². The first-order chi connectivity index (χ1) is 18.1. The zero-order valence-electron chi connectivity index (χ0n) is 21.7. The lowest BCUT2D eigenvalue weighted by molar-refractivity contribution is -0.105. The van der Waals surface area contributed by atoms with Gasteiger partial charge < -0.3 is 15.3 Å². The molecule has 194 valence electrons. The number of carbonyl (C=O) groups excluding carboxylic acids is 1. The lowest BCUT2D eigenvalue weighted by Crippen LogP contribution is -2.70. The molecule has 5 heteroatoms. The highest BCUT2D eigenvalue weighted by atomic mass is 16.3. The van der Waals surface area contributed by atoms with Gasteiger partial charge in [0.2, 0.25) is 0 Å². The lowest BCUT2D eigenvalue weighted by Gasteiger charge is -2.66. The van der Waals surface area contributed by atoms with Crippen molar-refractivity contribution in [2.24, 2.45) is 23.2 Å². The first kappa shape index (κ1) is 22.6. The molecule has 3 heterocycles. The van der Waals surface area contributed by atoms with Crippen molar-refractivity contribution in [1.29, 1.82) is 0 Å². The van der Waals surface area contributed by atoms with Crippen molar-refractivity contribution < 1.29 is 9.90 Å². The van der Waals surface area contributed by atoms with Gasteiger partial charge in [0, 0.05) is 36.2 Å². The minimum Gasteiger partial charge on any atom is -0.508 e.